The fourth-order valence-electron chi connectivity index (χ4n) is 3.59. The van der Waals surface area contributed by atoms with Crippen LogP contribution in [0.2, 0.25) is 0 Å². The van der Waals surface area contributed by atoms with Crippen molar-refractivity contribution in [1.29, 1.82) is 0 Å². The van der Waals surface area contributed by atoms with Gasteiger partial charge in [-0.15, -0.1) is 0 Å². The zero-order valence-electron chi connectivity index (χ0n) is 15.4. The average Bonchev–Trinajstić information content (AvgIpc) is 2.87. The van der Waals surface area contributed by atoms with Crippen molar-refractivity contribution in [1.82, 2.24) is 5.32 Å². The third-order valence-electron chi connectivity index (χ3n) is 5.25. The van der Waals surface area contributed by atoms with Crippen molar-refractivity contribution in [2.24, 2.45) is 0 Å². The van der Waals surface area contributed by atoms with Gasteiger partial charge in [-0.25, -0.2) is 0 Å². The van der Waals surface area contributed by atoms with E-state index in [4.69, 9.17) is 5.11 Å². The van der Waals surface area contributed by atoms with Gasteiger partial charge in [-0.1, -0.05) is 77.6 Å². The number of nitrogens with one attached hydrogen (secondary N) is 1. The highest BCUT2D eigenvalue weighted by Gasteiger charge is 2.43. The van der Waals surface area contributed by atoms with Crippen molar-refractivity contribution >= 4 is 0 Å². The Labute approximate surface area is 147 Å². The molecule has 0 aromatic carbocycles. The summed E-state index contributed by atoms with van der Waals surface area (Å²) in [6, 6.07) is -1.09. The van der Waals surface area contributed by atoms with Gasteiger partial charge >= 0.3 is 0 Å². The quantitative estimate of drug-likeness (QED) is 0.311. The van der Waals surface area contributed by atoms with E-state index in [1.807, 2.05) is 0 Å². The van der Waals surface area contributed by atoms with E-state index in [-0.39, 0.29) is 6.61 Å². The van der Waals surface area contributed by atoms with Crippen LogP contribution in [0.4, 0.5) is 0 Å². The minimum atomic E-state index is -1.01. The lowest BCUT2D eigenvalue weighted by molar-refractivity contribution is -0.00443. The Balaban J connectivity index is 1.97. The van der Waals surface area contributed by atoms with Crippen molar-refractivity contribution < 1.29 is 20.4 Å². The topological polar surface area (TPSA) is 93.0 Å². The van der Waals surface area contributed by atoms with Crippen LogP contribution in [0.3, 0.4) is 0 Å². The second kappa shape index (κ2) is 13.1. The Morgan fingerprint density at radius 2 is 1.29 bits per heavy atom. The summed E-state index contributed by atoms with van der Waals surface area (Å²) in [6.45, 7) is 2.01. The second-order valence-corrected chi connectivity index (χ2v) is 7.35. The van der Waals surface area contributed by atoms with Crippen molar-refractivity contribution in [2.45, 2.75) is 114 Å². The number of rotatable bonds is 14. The maximum atomic E-state index is 10.2. The number of unbranched alkanes of at least 4 members (excludes halogenated alkanes) is 10. The molecule has 5 atom stereocenters. The van der Waals surface area contributed by atoms with Crippen molar-refractivity contribution in [3.8, 4) is 0 Å². The van der Waals surface area contributed by atoms with Gasteiger partial charge in [0.2, 0.25) is 0 Å². The van der Waals surface area contributed by atoms with E-state index in [0.717, 1.165) is 12.8 Å². The molecule has 144 valence electrons. The first-order valence-electron chi connectivity index (χ1n) is 10.0. The van der Waals surface area contributed by atoms with Gasteiger partial charge < -0.3 is 25.7 Å². The van der Waals surface area contributed by atoms with Gasteiger partial charge in [0.15, 0.2) is 0 Å². The summed E-state index contributed by atoms with van der Waals surface area (Å²) < 4.78 is 0. The Morgan fingerprint density at radius 3 is 1.75 bits per heavy atom. The van der Waals surface area contributed by atoms with Gasteiger partial charge in [0.1, 0.15) is 0 Å². The van der Waals surface area contributed by atoms with Gasteiger partial charge in [0, 0.05) is 0 Å². The maximum Gasteiger partial charge on any atom is 0.0993 e. The molecule has 0 saturated carbocycles. The SMILES string of the molecule is CCCCCCCCCCCCC[C@H](O)[C@@H]1N[C@@H](CO)[C@H](O)[C@H]1O. The van der Waals surface area contributed by atoms with E-state index in [2.05, 4.69) is 12.2 Å². The molecule has 0 aromatic heterocycles. The molecule has 1 aliphatic rings. The van der Waals surface area contributed by atoms with Crippen LogP contribution in [-0.2, 0) is 0 Å². The van der Waals surface area contributed by atoms with Crippen LogP contribution in [-0.4, -0.2) is 57.4 Å². The van der Waals surface area contributed by atoms with Crippen LogP contribution >= 0.6 is 0 Å². The molecule has 5 N–H and O–H groups in total. The Hall–Kier alpha value is -0.200. The normalized spacial score (nSPS) is 28.4. The largest absolute Gasteiger partial charge is 0.395 e. The predicted octanol–water partition coefficient (Wildman–Crippen LogP) is 2.10. The molecule has 5 nitrogen and oxygen atoms in total. The fourth-order valence-corrected chi connectivity index (χ4v) is 3.59. The minimum Gasteiger partial charge on any atom is -0.395 e. The summed E-state index contributed by atoms with van der Waals surface area (Å²) in [4.78, 5) is 0. The number of aliphatic hydroxyl groups excluding tert-OH is 4. The average molecular weight is 346 g/mol. The molecule has 0 spiro atoms. The molecule has 1 rings (SSSR count). The van der Waals surface area contributed by atoms with E-state index < -0.39 is 30.4 Å². The molecule has 0 bridgehead atoms. The van der Waals surface area contributed by atoms with Crippen LogP contribution in [0.1, 0.15) is 84.0 Å². The van der Waals surface area contributed by atoms with Crippen molar-refractivity contribution in [3.05, 3.63) is 0 Å². The van der Waals surface area contributed by atoms with Crippen LogP contribution in [0, 0.1) is 0 Å². The first-order valence-corrected chi connectivity index (χ1v) is 10.0. The van der Waals surface area contributed by atoms with Crippen molar-refractivity contribution in [3.63, 3.8) is 0 Å². The highest BCUT2D eigenvalue weighted by atomic mass is 16.3. The van der Waals surface area contributed by atoms with Gasteiger partial charge in [-0.2, -0.15) is 0 Å². The predicted molar refractivity (Wildman–Crippen MR) is 96.9 cm³/mol. The summed E-state index contributed by atoms with van der Waals surface area (Å²) in [6.07, 6.45) is 11.8. The highest BCUT2D eigenvalue weighted by Crippen LogP contribution is 2.20. The molecule has 0 unspecified atom stereocenters. The molecule has 24 heavy (non-hydrogen) atoms. The minimum absolute atomic E-state index is 0.236. The molecule has 1 saturated heterocycles. The maximum absolute atomic E-state index is 10.2. The zero-order chi connectivity index (χ0) is 17.8. The summed E-state index contributed by atoms with van der Waals surface area (Å²) in [5.41, 5.74) is 0. The summed E-state index contributed by atoms with van der Waals surface area (Å²) >= 11 is 0. The Morgan fingerprint density at radius 1 is 0.792 bits per heavy atom. The second-order valence-electron chi connectivity index (χ2n) is 7.35. The monoisotopic (exact) mass is 345 g/mol. The first-order chi connectivity index (χ1) is 11.6. The highest BCUT2D eigenvalue weighted by molar-refractivity contribution is 5.00. The molecular weight excluding hydrogens is 306 g/mol. The van der Waals surface area contributed by atoms with E-state index in [1.54, 1.807) is 0 Å². The number of hydrogen-bond donors (Lipinski definition) is 5. The lowest BCUT2D eigenvalue weighted by Crippen LogP contribution is -2.44. The summed E-state index contributed by atoms with van der Waals surface area (Å²) in [5.74, 6) is 0. The number of aliphatic hydroxyl groups is 4. The molecule has 1 aliphatic heterocycles. The van der Waals surface area contributed by atoms with E-state index in [9.17, 15) is 15.3 Å². The molecule has 0 radical (unpaired) electrons. The van der Waals surface area contributed by atoms with Crippen LogP contribution in [0.25, 0.3) is 0 Å². The lowest BCUT2D eigenvalue weighted by atomic mass is 9.98. The zero-order valence-corrected chi connectivity index (χ0v) is 15.4. The summed E-state index contributed by atoms with van der Waals surface area (Å²) in [7, 11) is 0. The Bertz CT molecular complexity index is 303. The lowest BCUT2D eigenvalue weighted by Gasteiger charge is -2.22. The van der Waals surface area contributed by atoms with Gasteiger partial charge in [-0.3, -0.25) is 0 Å². The molecule has 5 heteroatoms. The van der Waals surface area contributed by atoms with E-state index in [0.29, 0.717) is 6.42 Å². The molecule has 0 aliphatic carbocycles. The number of hydrogen-bond acceptors (Lipinski definition) is 5. The third kappa shape index (κ3) is 7.79. The molecule has 0 aromatic rings. The van der Waals surface area contributed by atoms with Gasteiger partial charge in [0.05, 0.1) is 37.0 Å². The van der Waals surface area contributed by atoms with E-state index >= 15 is 0 Å². The Kier molecular flexibility index (Phi) is 11.9. The first kappa shape index (κ1) is 21.8. The van der Waals surface area contributed by atoms with Crippen LogP contribution in [0.15, 0.2) is 0 Å². The molecule has 0 amide bonds. The molecule has 1 fully saturated rings. The molecular formula is C19H39NO4. The molecule has 1 heterocycles. The van der Waals surface area contributed by atoms with Crippen molar-refractivity contribution in [2.75, 3.05) is 6.61 Å². The fraction of sp³-hybridized carbons (Fsp3) is 1.00. The smallest absolute Gasteiger partial charge is 0.0993 e. The standard InChI is InChI=1S/C19H39NO4/c1-2-3-4-5-6-7-8-9-10-11-12-13-16(22)17-19(24)18(23)15(14-21)20-17/h15-24H,2-14H2,1H3/t15-,16-,17-,18-,19-/m0/s1. The van der Waals surface area contributed by atoms with Crippen LogP contribution < -0.4 is 5.32 Å². The van der Waals surface area contributed by atoms with E-state index in [1.165, 1.54) is 57.8 Å². The van der Waals surface area contributed by atoms with Crippen LogP contribution in [0.5, 0.6) is 0 Å². The third-order valence-corrected chi connectivity index (χ3v) is 5.25. The van der Waals surface area contributed by atoms with Gasteiger partial charge in [-0.05, 0) is 6.42 Å². The summed E-state index contributed by atoms with van der Waals surface area (Å²) in [5, 5.41) is 41.9. The van der Waals surface area contributed by atoms with Gasteiger partial charge in [0.25, 0.3) is 0 Å².